The van der Waals surface area contributed by atoms with Crippen LogP contribution in [-0.4, -0.2) is 138 Å². The first-order valence-electron chi connectivity index (χ1n) is 20.4. The largest absolute Gasteiger partial charge is 0.394 e. The number of allylic oxidation sites excluding steroid dienone is 2. The van der Waals surface area contributed by atoms with Gasteiger partial charge in [-0.25, -0.2) is 0 Å². The lowest BCUT2D eigenvalue weighted by molar-refractivity contribution is -0.377. The summed E-state index contributed by atoms with van der Waals surface area (Å²) in [4.78, 5) is 0. The monoisotopic (exact) mass is 770 g/mol. The van der Waals surface area contributed by atoms with E-state index in [4.69, 9.17) is 18.9 Å². The molecule has 0 bridgehead atoms. The van der Waals surface area contributed by atoms with Crippen molar-refractivity contribution in [2.24, 2.45) is 45.3 Å². The van der Waals surface area contributed by atoms with E-state index in [1.165, 1.54) is 5.57 Å². The molecule has 6 rings (SSSR count). The first-order chi connectivity index (χ1) is 25.0. The third-order valence-electron chi connectivity index (χ3n) is 15.9. The van der Waals surface area contributed by atoms with Crippen LogP contribution in [0.3, 0.4) is 0 Å². The fourth-order valence-corrected chi connectivity index (χ4v) is 12.9. The molecule has 4 saturated carbocycles. The van der Waals surface area contributed by atoms with Crippen LogP contribution in [0.1, 0.15) is 107 Å². The summed E-state index contributed by atoms with van der Waals surface area (Å²) in [5, 5.41) is 97.9. The van der Waals surface area contributed by atoms with Crippen LogP contribution >= 0.6 is 0 Å². The van der Waals surface area contributed by atoms with Gasteiger partial charge in [0.2, 0.25) is 0 Å². The number of hydrogen-bond acceptors (Lipinski definition) is 13. The zero-order valence-corrected chi connectivity index (χ0v) is 33.5. The van der Waals surface area contributed by atoms with Crippen molar-refractivity contribution in [3.05, 3.63) is 11.6 Å². The fourth-order valence-electron chi connectivity index (χ4n) is 12.9. The molecule has 0 radical (unpaired) electrons. The maximum absolute atomic E-state index is 12.2. The van der Waals surface area contributed by atoms with Crippen LogP contribution in [0.4, 0.5) is 0 Å². The number of rotatable bonds is 9. The molecule has 19 atom stereocenters. The lowest BCUT2D eigenvalue weighted by Gasteiger charge is -2.72. The first kappa shape index (κ1) is 42.8. The lowest BCUT2D eigenvalue weighted by atomic mass is 9.34. The van der Waals surface area contributed by atoms with E-state index in [0.717, 1.165) is 19.3 Å². The van der Waals surface area contributed by atoms with E-state index in [9.17, 15) is 46.0 Å². The van der Waals surface area contributed by atoms with Gasteiger partial charge in [0.05, 0.1) is 37.1 Å². The Kier molecular flexibility index (Phi) is 12.0. The summed E-state index contributed by atoms with van der Waals surface area (Å²) >= 11 is 0. The quantitative estimate of drug-likeness (QED) is 0.121. The van der Waals surface area contributed by atoms with Crippen LogP contribution in [0.2, 0.25) is 0 Å². The summed E-state index contributed by atoms with van der Waals surface area (Å²) in [5.41, 5.74) is -1.21. The number of hydrogen-bond donors (Lipinski definition) is 9. The molecule has 6 fully saturated rings. The second kappa shape index (κ2) is 15.1. The van der Waals surface area contributed by atoms with Crippen LogP contribution in [0, 0.1) is 45.3 Å². The summed E-state index contributed by atoms with van der Waals surface area (Å²) in [7, 11) is 0. The zero-order chi connectivity index (χ0) is 39.9. The zero-order valence-electron chi connectivity index (χ0n) is 33.5. The molecule has 13 heteroatoms. The minimum absolute atomic E-state index is 0.00963. The van der Waals surface area contributed by atoms with E-state index in [-0.39, 0.29) is 41.1 Å². The molecule has 4 aliphatic carbocycles. The molecule has 54 heavy (non-hydrogen) atoms. The summed E-state index contributed by atoms with van der Waals surface area (Å²) in [6.07, 6.45) is -7.12. The molecule has 13 nitrogen and oxygen atoms in total. The third kappa shape index (κ3) is 7.06. The molecule has 0 aromatic heterocycles. The van der Waals surface area contributed by atoms with Gasteiger partial charge in [-0.1, -0.05) is 46.3 Å². The molecule has 2 aliphatic heterocycles. The van der Waals surface area contributed by atoms with Crippen molar-refractivity contribution in [3.63, 3.8) is 0 Å². The van der Waals surface area contributed by atoms with Crippen LogP contribution in [0.5, 0.6) is 0 Å². The highest BCUT2D eigenvalue weighted by atomic mass is 16.8. The molecule has 0 unspecified atom stereocenters. The molecule has 0 aromatic rings. The van der Waals surface area contributed by atoms with Gasteiger partial charge in [-0.05, 0) is 117 Å². The SMILES string of the molecule is C/C(=C\CCC(C)(C)O)[C@H]1CC[C@]2(C)[C@@H]1[C@H](O)C[C@@H]1[C@@]3(C)CC[C@H](O)C(C)(C)[C@@H]3[C@@H](O[C@@H]3O[C@H](CO)[C@@H](O)[C@H](O)[C@H]3O[C@@H]3OC[C@@H](O)[C@H](O)[C@H]3O)C[C@]12C. The Balaban J connectivity index is 1.37. The molecular formula is C41H70O13. The summed E-state index contributed by atoms with van der Waals surface area (Å²) < 4.78 is 24.8. The van der Waals surface area contributed by atoms with Crippen LogP contribution in [0.25, 0.3) is 0 Å². The van der Waals surface area contributed by atoms with Crippen LogP contribution in [0.15, 0.2) is 11.6 Å². The molecule has 312 valence electrons. The molecule has 0 aromatic carbocycles. The fraction of sp³-hybridized carbons (Fsp3) is 0.951. The average molecular weight is 771 g/mol. The van der Waals surface area contributed by atoms with Gasteiger partial charge in [0, 0.05) is 0 Å². The van der Waals surface area contributed by atoms with E-state index in [1.807, 2.05) is 13.8 Å². The topological polar surface area (TPSA) is 219 Å². The Morgan fingerprint density at radius 3 is 2.17 bits per heavy atom. The highest BCUT2D eigenvalue weighted by Gasteiger charge is 2.73. The van der Waals surface area contributed by atoms with Crippen molar-refractivity contribution in [2.75, 3.05) is 13.2 Å². The van der Waals surface area contributed by atoms with Crippen molar-refractivity contribution in [1.82, 2.24) is 0 Å². The van der Waals surface area contributed by atoms with Gasteiger partial charge in [0.25, 0.3) is 0 Å². The van der Waals surface area contributed by atoms with Gasteiger partial charge in [0.1, 0.15) is 42.7 Å². The molecule has 9 N–H and O–H groups in total. The summed E-state index contributed by atoms with van der Waals surface area (Å²) in [5.74, 6) is 0.0155. The minimum atomic E-state index is -1.67. The van der Waals surface area contributed by atoms with Gasteiger partial charge in [0.15, 0.2) is 12.6 Å². The maximum Gasteiger partial charge on any atom is 0.187 e. The van der Waals surface area contributed by atoms with Gasteiger partial charge in [-0.15, -0.1) is 0 Å². The Morgan fingerprint density at radius 1 is 0.833 bits per heavy atom. The Hall–Kier alpha value is -0.780. The smallest absolute Gasteiger partial charge is 0.187 e. The minimum Gasteiger partial charge on any atom is -0.394 e. The number of fused-ring (bicyclic) bond motifs is 5. The Morgan fingerprint density at radius 2 is 1.52 bits per heavy atom. The van der Waals surface area contributed by atoms with Gasteiger partial charge in [-0.2, -0.15) is 0 Å². The van der Waals surface area contributed by atoms with Crippen molar-refractivity contribution in [1.29, 1.82) is 0 Å². The molecule has 6 aliphatic rings. The first-order valence-corrected chi connectivity index (χ1v) is 20.4. The highest BCUT2D eigenvalue weighted by molar-refractivity contribution is 5.24. The van der Waals surface area contributed by atoms with Gasteiger partial charge in [-0.3, -0.25) is 0 Å². The number of aliphatic hydroxyl groups excluding tert-OH is 8. The van der Waals surface area contributed by atoms with Crippen molar-refractivity contribution >= 4 is 0 Å². The second-order valence-corrected chi connectivity index (χ2v) is 20.0. The predicted octanol–water partition coefficient (Wildman–Crippen LogP) is 1.76. The van der Waals surface area contributed by atoms with E-state index < -0.39 is 96.7 Å². The Bertz CT molecular complexity index is 1350. The van der Waals surface area contributed by atoms with E-state index in [0.29, 0.717) is 32.1 Å². The third-order valence-corrected chi connectivity index (χ3v) is 15.9. The van der Waals surface area contributed by atoms with E-state index >= 15 is 0 Å². The second-order valence-electron chi connectivity index (χ2n) is 20.0. The molecular weight excluding hydrogens is 700 g/mol. The number of ether oxygens (including phenoxy) is 4. The molecule has 0 spiro atoms. The van der Waals surface area contributed by atoms with Crippen LogP contribution in [-0.2, 0) is 18.9 Å². The van der Waals surface area contributed by atoms with Crippen molar-refractivity contribution in [3.8, 4) is 0 Å². The van der Waals surface area contributed by atoms with Gasteiger partial charge >= 0.3 is 0 Å². The highest BCUT2D eigenvalue weighted by Crippen LogP contribution is 2.76. The average Bonchev–Trinajstić information content (AvgIpc) is 3.46. The molecule has 2 heterocycles. The summed E-state index contributed by atoms with van der Waals surface area (Å²) in [6, 6.07) is 0. The summed E-state index contributed by atoms with van der Waals surface area (Å²) in [6.45, 7) is 15.9. The van der Waals surface area contributed by atoms with Crippen molar-refractivity contribution in [2.45, 2.75) is 186 Å². The van der Waals surface area contributed by atoms with E-state index in [1.54, 1.807) is 0 Å². The molecule has 2 saturated heterocycles. The van der Waals surface area contributed by atoms with E-state index in [2.05, 4.69) is 47.6 Å². The lowest BCUT2D eigenvalue weighted by Crippen LogP contribution is -2.71. The Labute approximate surface area is 320 Å². The molecule has 0 amide bonds. The predicted molar refractivity (Wildman–Crippen MR) is 196 cm³/mol. The van der Waals surface area contributed by atoms with Crippen LogP contribution < -0.4 is 0 Å². The maximum atomic E-state index is 12.2. The normalized spacial score (nSPS) is 52.4. The van der Waals surface area contributed by atoms with Crippen molar-refractivity contribution < 1.29 is 64.9 Å². The number of aliphatic hydroxyl groups is 9. The van der Waals surface area contributed by atoms with Gasteiger partial charge < -0.3 is 64.9 Å². The standard InChI is InChI=1S/C41H70O13/c1-20(10-9-13-37(2,3)50)21-11-15-40(7)28(21)22(43)16-26-39(6)14-12-27(45)38(4,5)34(39)24(17-41(26,40)8)52-36-33(31(48)30(47)25(18-42)53-36)54-35-32(49)29(46)23(44)19-51-35/h10,21-36,42-50H,9,11-19H2,1-8H3/b20-10+/t21-,22-,23-,24+,25-,26-,27+,28+,29+,30-,31+,32-,33-,34+,35+,36-,39-,40-,41-/m1/s1.